The van der Waals surface area contributed by atoms with Crippen molar-refractivity contribution in [3.63, 3.8) is 0 Å². The highest BCUT2D eigenvalue weighted by Crippen LogP contribution is 2.46. The van der Waals surface area contributed by atoms with E-state index in [1.165, 1.54) is 6.07 Å². The number of carbonyl (C=O) groups excluding carboxylic acids is 1. The Kier molecular flexibility index (Phi) is 3.15. The van der Waals surface area contributed by atoms with Gasteiger partial charge in [0.25, 0.3) is 0 Å². The van der Waals surface area contributed by atoms with Gasteiger partial charge in [0, 0.05) is 6.54 Å². The van der Waals surface area contributed by atoms with Crippen LogP contribution in [0.3, 0.4) is 0 Å². The number of hydrogen-bond acceptors (Lipinski definition) is 2. The van der Waals surface area contributed by atoms with Crippen LogP contribution in [0.5, 0.6) is 0 Å². The summed E-state index contributed by atoms with van der Waals surface area (Å²) in [6, 6.07) is 3.58. The molecule has 3 rings (SSSR count). The second-order valence-electron chi connectivity index (χ2n) is 5.67. The molecule has 0 aromatic heterocycles. The van der Waals surface area contributed by atoms with E-state index in [0.29, 0.717) is 12.2 Å². The molecule has 1 aliphatic carbocycles. The van der Waals surface area contributed by atoms with Crippen LogP contribution < -0.4 is 10.2 Å². The third-order valence-electron chi connectivity index (χ3n) is 4.55. The number of nitrogens with one attached hydrogen (secondary N) is 1. The maximum absolute atomic E-state index is 12.8. The number of amides is 1. The van der Waals surface area contributed by atoms with E-state index in [2.05, 4.69) is 5.32 Å². The summed E-state index contributed by atoms with van der Waals surface area (Å²) in [5, 5.41) is 2.69. The number of nitrogens with zero attached hydrogens (tertiary/aromatic N) is 1. The lowest BCUT2D eigenvalue weighted by atomic mass is 9.89. The smallest absolute Gasteiger partial charge is 0.356 e. The number of anilines is 2. The number of alkyl halides is 3. The van der Waals surface area contributed by atoms with Crippen LogP contribution in [-0.2, 0) is 11.0 Å². The largest absolute Gasteiger partial charge is 0.416 e. The standard InChI is InChI=1S/C15H17F3N2O/c1-2-20-12-6-5-10(15(16,17)18)9-11(12)19-13(21)14(20)7-3-4-8-14/h5-6,9H,2-4,7-8H2,1H3,(H,19,21). The van der Waals surface area contributed by atoms with Crippen molar-refractivity contribution in [3.05, 3.63) is 23.8 Å². The lowest BCUT2D eigenvalue weighted by Crippen LogP contribution is -2.58. The predicted molar refractivity (Wildman–Crippen MR) is 74.3 cm³/mol. The van der Waals surface area contributed by atoms with Gasteiger partial charge in [0.2, 0.25) is 5.91 Å². The summed E-state index contributed by atoms with van der Waals surface area (Å²) in [4.78, 5) is 14.4. The molecule has 1 fully saturated rings. The minimum absolute atomic E-state index is 0.173. The van der Waals surface area contributed by atoms with Crippen molar-refractivity contribution in [2.45, 2.75) is 44.3 Å². The third kappa shape index (κ3) is 2.08. The van der Waals surface area contributed by atoms with Gasteiger partial charge in [-0.05, 0) is 38.0 Å². The zero-order valence-electron chi connectivity index (χ0n) is 11.8. The Balaban J connectivity index is 2.08. The van der Waals surface area contributed by atoms with E-state index in [0.717, 1.165) is 37.8 Å². The van der Waals surface area contributed by atoms with Gasteiger partial charge in [0.15, 0.2) is 0 Å². The van der Waals surface area contributed by atoms with E-state index >= 15 is 0 Å². The molecular weight excluding hydrogens is 281 g/mol. The molecule has 0 unspecified atom stereocenters. The van der Waals surface area contributed by atoms with Crippen LogP contribution >= 0.6 is 0 Å². The Bertz CT molecular complexity index is 577. The SMILES string of the molecule is CCN1c2ccc(C(F)(F)F)cc2NC(=O)C12CCCC2. The molecule has 1 heterocycles. The van der Waals surface area contributed by atoms with E-state index in [4.69, 9.17) is 0 Å². The normalized spacial score (nSPS) is 20.6. The average molecular weight is 298 g/mol. The molecule has 6 heteroatoms. The van der Waals surface area contributed by atoms with Crippen molar-refractivity contribution >= 4 is 17.3 Å². The van der Waals surface area contributed by atoms with Crippen molar-refractivity contribution in [3.8, 4) is 0 Å². The molecule has 1 aliphatic heterocycles. The zero-order valence-corrected chi connectivity index (χ0v) is 11.8. The molecule has 1 amide bonds. The van der Waals surface area contributed by atoms with Crippen molar-refractivity contribution < 1.29 is 18.0 Å². The fraction of sp³-hybridized carbons (Fsp3) is 0.533. The van der Waals surface area contributed by atoms with Gasteiger partial charge < -0.3 is 10.2 Å². The van der Waals surface area contributed by atoms with E-state index in [1.54, 1.807) is 0 Å². The van der Waals surface area contributed by atoms with Crippen molar-refractivity contribution in [1.29, 1.82) is 0 Å². The first-order chi connectivity index (χ1) is 9.88. The molecule has 0 saturated heterocycles. The van der Waals surface area contributed by atoms with Crippen LogP contribution in [-0.4, -0.2) is 18.0 Å². The fourth-order valence-corrected chi connectivity index (χ4v) is 3.57. The summed E-state index contributed by atoms with van der Waals surface area (Å²) < 4.78 is 38.4. The molecule has 2 aliphatic rings. The van der Waals surface area contributed by atoms with Gasteiger partial charge in [-0.1, -0.05) is 12.8 Å². The highest BCUT2D eigenvalue weighted by molar-refractivity contribution is 6.07. The lowest BCUT2D eigenvalue weighted by Gasteiger charge is -2.45. The van der Waals surface area contributed by atoms with Crippen LogP contribution in [0.2, 0.25) is 0 Å². The highest BCUT2D eigenvalue weighted by atomic mass is 19.4. The molecule has 1 saturated carbocycles. The van der Waals surface area contributed by atoms with Crippen LogP contribution in [0.1, 0.15) is 38.2 Å². The Hall–Kier alpha value is -1.72. The second-order valence-corrected chi connectivity index (χ2v) is 5.67. The summed E-state index contributed by atoms with van der Waals surface area (Å²) in [6.45, 7) is 2.53. The van der Waals surface area contributed by atoms with Crippen LogP contribution in [0.4, 0.5) is 24.5 Å². The predicted octanol–water partition coefficient (Wildman–Crippen LogP) is 3.80. The Morgan fingerprint density at radius 2 is 1.95 bits per heavy atom. The third-order valence-corrected chi connectivity index (χ3v) is 4.55. The van der Waals surface area contributed by atoms with Crippen LogP contribution in [0.25, 0.3) is 0 Å². The fourth-order valence-electron chi connectivity index (χ4n) is 3.57. The molecule has 0 atom stereocenters. The van der Waals surface area contributed by atoms with Crippen molar-refractivity contribution in [2.24, 2.45) is 0 Å². The van der Waals surface area contributed by atoms with Gasteiger partial charge in [0.1, 0.15) is 5.54 Å². The number of benzene rings is 1. The molecule has 0 bridgehead atoms. The summed E-state index contributed by atoms with van der Waals surface area (Å²) in [7, 11) is 0. The minimum atomic E-state index is -4.40. The van der Waals surface area contributed by atoms with Crippen molar-refractivity contribution in [1.82, 2.24) is 0 Å². The molecule has 0 radical (unpaired) electrons. The molecule has 1 spiro atoms. The summed E-state index contributed by atoms with van der Waals surface area (Å²) >= 11 is 0. The topological polar surface area (TPSA) is 32.3 Å². The van der Waals surface area contributed by atoms with Gasteiger partial charge in [-0.25, -0.2) is 0 Å². The first kappa shape index (κ1) is 14.2. The van der Waals surface area contributed by atoms with Gasteiger partial charge >= 0.3 is 6.18 Å². The minimum Gasteiger partial charge on any atom is -0.356 e. The molecule has 1 aromatic rings. The molecule has 1 aromatic carbocycles. The van der Waals surface area contributed by atoms with Gasteiger partial charge in [-0.2, -0.15) is 13.2 Å². The number of carbonyl (C=O) groups is 1. The molecule has 21 heavy (non-hydrogen) atoms. The number of fused-ring (bicyclic) bond motifs is 1. The van der Waals surface area contributed by atoms with E-state index < -0.39 is 17.3 Å². The average Bonchev–Trinajstić information content (AvgIpc) is 2.89. The molecular formula is C15H17F3N2O. The number of halogens is 3. The molecule has 1 N–H and O–H groups in total. The van der Waals surface area contributed by atoms with E-state index in [9.17, 15) is 18.0 Å². The summed E-state index contributed by atoms with van der Waals surface area (Å²) in [5.41, 5.74) is -0.372. The van der Waals surface area contributed by atoms with Gasteiger partial charge in [-0.15, -0.1) is 0 Å². The van der Waals surface area contributed by atoms with E-state index in [-0.39, 0.29) is 11.6 Å². The number of hydrogen-bond donors (Lipinski definition) is 1. The monoisotopic (exact) mass is 298 g/mol. The van der Waals surface area contributed by atoms with Crippen LogP contribution in [0.15, 0.2) is 18.2 Å². The summed E-state index contributed by atoms with van der Waals surface area (Å²) in [5.74, 6) is -0.173. The first-order valence-corrected chi connectivity index (χ1v) is 7.19. The quantitative estimate of drug-likeness (QED) is 0.855. The Morgan fingerprint density at radius 3 is 2.52 bits per heavy atom. The Morgan fingerprint density at radius 1 is 1.29 bits per heavy atom. The molecule has 114 valence electrons. The second kappa shape index (κ2) is 4.64. The zero-order chi connectivity index (χ0) is 15.3. The maximum Gasteiger partial charge on any atom is 0.416 e. The van der Waals surface area contributed by atoms with Crippen LogP contribution in [0, 0.1) is 0 Å². The summed E-state index contributed by atoms with van der Waals surface area (Å²) in [6.07, 6.45) is -0.945. The lowest BCUT2D eigenvalue weighted by molar-refractivity contribution is -0.137. The highest BCUT2D eigenvalue weighted by Gasteiger charge is 2.49. The number of likely N-dealkylation sites (N-methyl/N-ethyl adjacent to an activating group) is 1. The van der Waals surface area contributed by atoms with Gasteiger partial charge in [0.05, 0.1) is 16.9 Å². The van der Waals surface area contributed by atoms with Crippen molar-refractivity contribution in [2.75, 3.05) is 16.8 Å². The maximum atomic E-state index is 12.8. The first-order valence-electron chi connectivity index (χ1n) is 7.19. The Labute approximate surface area is 121 Å². The molecule has 3 nitrogen and oxygen atoms in total. The number of rotatable bonds is 1. The van der Waals surface area contributed by atoms with E-state index in [1.807, 2.05) is 11.8 Å². The van der Waals surface area contributed by atoms with Gasteiger partial charge in [-0.3, -0.25) is 4.79 Å².